The second kappa shape index (κ2) is 4.60. The van der Waals surface area contributed by atoms with Gasteiger partial charge in [0, 0.05) is 10.9 Å². The Morgan fingerprint density at radius 1 is 1.33 bits per heavy atom. The van der Waals surface area contributed by atoms with Gasteiger partial charge in [0.1, 0.15) is 11.6 Å². The van der Waals surface area contributed by atoms with Gasteiger partial charge in [0.15, 0.2) is 0 Å². The number of hydrogen-bond acceptors (Lipinski definition) is 0. The van der Waals surface area contributed by atoms with Gasteiger partial charge >= 0.3 is 0 Å². The molecule has 0 aliphatic carbocycles. The van der Waals surface area contributed by atoms with Crippen LogP contribution >= 0.6 is 15.9 Å². The van der Waals surface area contributed by atoms with Crippen molar-refractivity contribution in [2.75, 3.05) is 0 Å². The van der Waals surface area contributed by atoms with Gasteiger partial charge in [-0.3, -0.25) is 0 Å². The Morgan fingerprint density at radius 3 is 2.40 bits per heavy atom. The van der Waals surface area contributed by atoms with E-state index in [4.69, 9.17) is 0 Å². The number of alkyl halides is 1. The monoisotopic (exact) mass is 276 g/mol. The fourth-order valence-corrected chi connectivity index (χ4v) is 2.66. The standard InChI is InChI=1S/C12H15BrF2/c1-8(13)7-12(2,3)10-5-4-9(14)6-11(10)15/h4-6,8H,7H2,1-3H3. The molecule has 0 nitrogen and oxygen atoms in total. The maximum Gasteiger partial charge on any atom is 0.129 e. The van der Waals surface area contributed by atoms with Crippen LogP contribution in [0.1, 0.15) is 32.8 Å². The second-order valence-corrected chi connectivity index (χ2v) is 6.06. The fraction of sp³-hybridized carbons (Fsp3) is 0.500. The maximum absolute atomic E-state index is 13.5. The Morgan fingerprint density at radius 2 is 1.93 bits per heavy atom. The van der Waals surface area contributed by atoms with Gasteiger partial charge in [-0.1, -0.05) is 42.8 Å². The van der Waals surface area contributed by atoms with Crippen molar-refractivity contribution in [3.63, 3.8) is 0 Å². The summed E-state index contributed by atoms with van der Waals surface area (Å²) < 4.78 is 26.3. The zero-order valence-corrected chi connectivity index (χ0v) is 10.7. The summed E-state index contributed by atoms with van der Waals surface area (Å²) in [4.78, 5) is 0.303. The quantitative estimate of drug-likeness (QED) is 0.718. The minimum atomic E-state index is -0.529. The van der Waals surface area contributed by atoms with Crippen molar-refractivity contribution >= 4 is 15.9 Å². The third kappa shape index (κ3) is 3.26. The molecule has 1 rings (SSSR count). The van der Waals surface area contributed by atoms with Crippen LogP contribution < -0.4 is 0 Å². The molecule has 0 aliphatic heterocycles. The molecule has 0 aromatic heterocycles. The first-order chi connectivity index (χ1) is 6.83. The van der Waals surface area contributed by atoms with Gasteiger partial charge < -0.3 is 0 Å². The Kier molecular flexibility index (Phi) is 3.87. The molecular weight excluding hydrogens is 262 g/mol. The summed E-state index contributed by atoms with van der Waals surface area (Å²) in [6.45, 7) is 5.94. The summed E-state index contributed by atoms with van der Waals surface area (Å²) >= 11 is 3.45. The van der Waals surface area contributed by atoms with Crippen LogP contribution in [0, 0.1) is 11.6 Å². The van der Waals surface area contributed by atoms with E-state index in [1.807, 2.05) is 20.8 Å². The number of rotatable bonds is 3. The van der Waals surface area contributed by atoms with Crippen molar-refractivity contribution in [3.8, 4) is 0 Å². The van der Waals surface area contributed by atoms with Gasteiger partial charge in [-0.05, 0) is 23.5 Å². The smallest absolute Gasteiger partial charge is 0.129 e. The predicted molar refractivity (Wildman–Crippen MR) is 62.4 cm³/mol. The predicted octanol–water partition coefficient (Wildman–Crippen LogP) is 4.42. The van der Waals surface area contributed by atoms with E-state index < -0.39 is 11.6 Å². The minimum Gasteiger partial charge on any atom is -0.207 e. The molecular formula is C12H15BrF2. The summed E-state index contributed by atoms with van der Waals surface area (Å²) in [7, 11) is 0. The van der Waals surface area contributed by atoms with E-state index in [0.717, 1.165) is 12.5 Å². The lowest BCUT2D eigenvalue weighted by Crippen LogP contribution is -2.22. The van der Waals surface area contributed by atoms with Gasteiger partial charge in [0.25, 0.3) is 0 Å². The molecule has 0 fully saturated rings. The maximum atomic E-state index is 13.5. The van der Waals surface area contributed by atoms with Crippen LogP contribution in [0.2, 0.25) is 0 Å². The topological polar surface area (TPSA) is 0 Å². The molecule has 1 unspecified atom stereocenters. The van der Waals surface area contributed by atoms with Gasteiger partial charge in [-0.15, -0.1) is 0 Å². The van der Waals surface area contributed by atoms with Gasteiger partial charge in [-0.2, -0.15) is 0 Å². The molecule has 1 aromatic rings. The van der Waals surface area contributed by atoms with Crippen molar-refractivity contribution in [2.24, 2.45) is 0 Å². The SMILES string of the molecule is CC(Br)CC(C)(C)c1ccc(F)cc1F. The molecule has 0 radical (unpaired) electrons. The Bertz CT molecular complexity index is 345. The van der Waals surface area contributed by atoms with Crippen molar-refractivity contribution in [1.82, 2.24) is 0 Å². The number of halogens is 3. The van der Waals surface area contributed by atoms with Crippen LogP contribution in [-0.2, 0) is 5.41 Å². The third-order valence-electron chi connectivity index (χ3n) is 2.45. The van der Waals surface area contributed by atoms with E-state index in [1.54, 1.807) is 0 Å². The van der Waals surface area contributed by atoms with Gasteiger partial charge in [0.05, 0.1) is 0 Å². The molecule has 0 spiro atoms. The molecule has 0 amide bonds. The molecule has 1 aromatic carbocycles. The molecule has 15 heavy (non-hydrogen) atoms. The fourth-order valence-electron chi connectivity index (χ4n) is 1.85. The molecule has 0 saturated carbocycles. The summed E-state index contributed by atoms with van der Waals surface area (Å²) in [5, 5.41) is 0. The molecule has 3 heteroatoms. The lowest BCUT2D eigenvalue weighted by atomic mass is 9.80. The average molecular weight is 277 g/mol. The average Bonchev–Trinajstić information content (AvgIpc) is 1.99. The zero-order valence-electron chi connectivity index (χ0n) is 9.15. The largest absolute Gasteiger partial charge is 0.207 e. The third-order valence-corrected chi connectivity index (χ3v) is 2.78. The Balaban J connectivity index is 3.04. The lowest BCUT2D eigenvalue weighted by molar-refractivity contribution is 0.448. The van der Waals surface area contributed by atoms with Crippen LogP contribution in [0.4, 0.5) is 8.78 Å². The zero-order chi connectivity index (χ0) is 11.6. The van der Waals surface area contributed by atoms with Crippen molar-refractivity contribution in [1.29, 1.82) is 0 Å². The lowest BCUT2D eigenvalue weighted by Gasteiger charge is -2.27. The van der Waals surface area contributed by atoms with Crippen LogP contribution in [0.3, 0.4) is 0 Å². The van der Waals surface area contributed by atoms with Crippen LogP contribution in [-0.4, -0.2) is 4.83 Å². The molecule has 0 N–H and O–H groups in total. The second-order valence-electron chi connectivity index (χ2n) is 4.49. The highest BCUT2D eigenvalue weighted by atomic mass is 79.9. The van der Waals surface area contributed by atoms with Crippen LogP contribution in [0.25, 0.3) is 0 Å². The van der Waals surface area contributed by atoms with Gasteiger partial charge in [0.2, 0.25) is 0 Å². The van der Waals surface area contributed by atoms with Crippen LogP contribution in [0.5, 0.6) is 0 Å². The molecule has 0 bridgehead atoms. The molecule has 0 aliphatic rings. The first-order valence-corrected chi connectivity index (χ1v) is 5.84. The van der Waals surface area contributed by atoms with Crippen molar-refractivity contribution < 1.29 is 8.78 Å². The summed E-state index contributed by atoms with van der Waals surface area (Å²) in [5.41, 5.74) is 0.274. The summed E-state index contributed by atoms with van der Waals surface area (Å²) in [5.74, 6) is -0.993. The Hall–Kier alpha value is -0.440. The van der Waals surface area contributed by atoms with Crippen LogP contribution in [0.15, 0.2) is 18.2 Å². The highest BCUT2D eigenvalue weighted by Crippen LogP contribution is 2.32. The molecule has 1 atom stereocenters. The normalized spacial score (nSPS) is 14.0. The van der Waals surface area contributed by atoms with E-state index in [1.165, 1.54) is 12.1 Å². The van der Waals surface area contributed by atoms with Gasteiger partial charge in [-0.25, -0.2) is 8.78 Å². The van der Waals surface area contributed by atoms with E-state index >= 15 is 0 Å². The van der Waals surface area contributed by atoms with Crippen molar-refractivity contribution in [2.45, 2.75) is 37.4 Å². The highest BCUT2D eigenvalue weighted by Gasteiger charge is 2.25. The van der Waals surface area contributed by atoms with E-state index in [9.17, 15) is 8.78 Å². The molecule has 0 heterocycles. The van der Waals surface area contributed by atoms with Crippen molar-refractivity contribution in [3.05, 3.63) is 35.4 Å². The van der Waals surface area contributed by atoms with E-state index in [-0.39, 0.29) is 5.41 Å². The molecule has 0 saturated heterocycles. The minimum absolute atomic E-state index is 0.291. The summed E-state index contributed by atoms with van der Waals surface area (Å²) in [6.07, 6.45) is 0.801. The van der Waals surface area contributed by atoms with E-state index in [2.05, 4.69) is 15.9 Å². The number of hydrogen-bond donors (Lipinski definition) is 0. The Labute approximate surface area is 97.8 Å². The first-order valence-electron chi connectivity index (χ1n) is 4.92. The van der Waals surface area contributed by atoms with E-state index in [0.29, 0.717) is 10.4 Å². The highest BCUT2D eigenvalue weighted by molar-refractivity contribution is 9.09. The molecule has 84 valence electrons. The summed E-state index contributed by atoms with van der Waals surface area (Å²) in [6, 6.07) is 3.77. The first kappa shape index (κ1) is 12.6. The number of benzene rings is 1.